The molecule has 2 rings (SSSR count). The Balaban J connectivity index is 2.30. The van der Waals surface area contributed by atoms with Gasteiger partial charge in [0.2, 0.25) is 0 Å². The molecule has 15 heavy (non-hydrogen) atoms. The highest BCUT2D eigenvalue weighted by atomic mass is 16.1. The Morgan fingerprint density at radius 3 is 2.93 bits per heavy atom. The summed E-state index contributed by atoms with van der Waals surface area (Å²) in [5.74, 6) is 1.28. The van der Waals surface area contributed by atoms with E-state index in [0.717, 1.165) is 31.8 Å². The minimum Gasteiger partial charge on any atom is -0.316 e. The summed E-state index contributed by atoms with van der Waals surface area (Å²) >= 11 is 0. The Morgan fingerprint density at radius 2 is 2.33 bits per heavy atom. The summed E-state index contributed by atoms with van der Waals surface area (Å²) in [5, 5.41) is 10.0. The van der Waals surface area contributed by atoms with Crippen LogP contribution in [0.1, 0.15) is 44.5 Å². The van der Waals surface area contributed by atoms with Crippen molar-refractivity contribution in [2.24, 2.45) is 0 Å². The van der Waals surface area contributed by atoms with Crippen LogP contribution in [0.2, 0.25) is 0 Å². The van der Waals surface area contributed by atoms with Crippen molar-refractivity contribution in [2.75, 3.05) is 13.1 Å². The smallest absolute Gasteiger partial charge is 0.316 e. The van der Waals surface area contributed by atoms with E-state index in [9.17, 15) is 4.79 Å². The van der Waals surface area contributed by atoms with Gasteiger partial charge in [-0.25, -0.2) is 9.89 Å². The second kappa shape index (κ2) is 4.18. The van der Waals surface area contributed by atoms with Crippen molar-refractivity contribution in [3.05, 3.63) is 16.3 Å². The minimum absolute atomic E-state index is 0.0921. The molecule has 1 fully saturated rings. The number of H-pyrrole nitrogens is 1. The van der Waals surface area contributed by atoms with E-state index in [0.29, 0.717) is 5.92 Å². The zero-order valence-electron chi connectivity index (χ0n) is 9.29. The van der Waals surface area contributed by atoms with Crippen LogP contribution in [0.4, 0.5) is 0 Å². The van der Waals surface area contributed by atoms with E-state index in [1.165, 1.54) is 0 Å². The van der Waals surface area contributed by atoms with Gasteiger partial charge in [0.15, 0.2) is 0 Å². The summed E-state index contributed by atoms with van der Waals surface area (Å²) in [6.07, 6.45) is 2.27. The van der Waals surface area contributed by atoms with E-state index < -0.39 is 0 Å². The Hall–Kier alpha value is -1.10. The SMILES string of the molecule is CC(C)n1c([C@@H]2CCCNC2)n[nH]c1=O. The van der Waals surface area contributed by atoms with Gasteiger partial charge in [-0.1, -0.05) is 0 Å². The Bertz CT molecular complexity index is 373. The molecular weight excluding hydrogens is 192 g/mol. The number of nitrogens with one attached hydrogen (secondary N) is 2. The number of piperidine rings is 1. The van der Waals surface area contributed by atoms with E-state index in [1.807, 2.05) is 13.8 Å². The van der Waals surface area contributed by atoms with E-state index in [4.69, 9.17) is 0 Å². The van der Waals surface area contributed by atoms with Crippen LogP contribution in [0.15, 0.2) is 4.79 Å². The fourth-order valence-electron chi connectivity index (χ4n) is 2.18. The Kier molecular flexibility index (Phi) is 2.90. The third-order valence-corrected chi connectivity index (χ3v) is 2.91. The van der Waals surface area contributed by atoms with Gasteiger partial charge in [-0.05, 0) is 33.2 Å². The lowest BCUT2D eigenvalue weighted by molar-refractivity contribution is 0.419. The monoisotopic (exact) mass is 210 g/mol. The maximum Gasteiger partial charge on any atom is 0.343 e. The highest BCUT2D eigenvalue weighted by Gasteiger charge is 2.22. The number of hydrogen-bond donors (Lipinski definition) is 2. The molecule has 0 aromatic carbocycles. The third-order valence-electron chi connectivity index (χ3n) is 2.91. The van der Waals surface area contributed by atoms with Gasteiger partial charge in [0.05, 0.1) is 0 Å². The first-order valence-electron chi connectivity index (χ1n) is 5.57. The molecule has 1 aromatic rings. The second-order valence-corrected chi connectivity index (χ2v) is 4.39. The predicted octanol–water partition coefficient (Wildman–Crippen LogP) is 0.619. The van der Waals surface area contributed by atoms with Crippen molar-refractivity contribution in [3.63, 3.8) is 0 Å². The number of hydrogen-bond acceptors (Lipinski definition) is 3. The Morgan fingerprint density at radius 1 is 1.53 bits per heavy atom. The van der Waals surface area contributed by atoms with Crippen molar-refractivity contribution >= 4 is 0 Å². The van der Waals surface area contributed by atoms with Crippen LogP contribution in [0.3, 0.4) is 0 Å². The van der Waals surface area contributed by atoms with Gasteiger partial charge >= 0.3 is 5.69 Å². The van der Waals surface area contributed by atoms with Gasteiger partial charge in [-0.15, -0.1) is 0 Å². The number of nitrogens with zero attached hydrogens (tertiary/aromatic N) is 2. The maximum atomic E-state index is 11.5. The molecule has 2 N–H and O–H groups in total. The molecule has 2 heterocycles. The number of aromatic nitrogens is 3. The van der Waals surface area contributed by atoms with Crippen molar-refractivity contribution in [1.29, 1.82) is 0 Å². The van der Waals surface area contributed by atoms with Gasteiger partial charge in [0.1, 0.15) is 5.82 Å². The molecule has 84 valence electrons. The highest BCUT2D eigenvalue weighted by molar-refractivity contribution is 5.00. The second-order valence-electron chi connectivity index (χ2n) is 4.39. The molecule has 0 spiro atoms. The predicted molar refractivity (Wildman–Crippen MR) is 58.1 cm³/mol. The fraction of sp³-hybridized carbons (Fsp3) is 0.800. The summed E-state index contributed by atoms with van der Waals surface area (Å²) in [4.78, 5) is 11.5. The first kappa shape index (κ1) is 10.4. The average Bonchev–Trinajstić information content (AvgIpc) is 2.61. The van der Waals surface area contributed by atoms with Crippen molar-refractivity contribution in [2.45, 2.75) is 38.6 Å². The summed E-state index contributed by atoms with van der Waals surface area (Å²) in [6, 6.07) is 0.174. The summed E-state index contributed by atoms with van der Waals surface area (Å²) in [5.41, 5.74) is -0.0921. The van der Waals surface area contributed by atoms with E-state index in [2.05, 4.69) is 15.5 Å². The topological polar surface area (TPSA) is 62.7 Å². The lowest BCUT2D eigenvalue weighted by Crippen LogP contribution is -2.31. The minimum atomic E-state index is -0.0921. The Labute approximate surface area is 88.9 Å². The molecule has 1 aromatic heterocycles. The third kappa shape index (κ3) is 1.97. The molecule has 0 amide bonds. The van der Waals surface area contributed by atoms with Gasteiger partial charge in [-0.3, -0.25) is 4.57 Å². The van der Waals surface area contributed by atoms with Gasteiger partial charge < -0.3 is 5.32 Å². The van der Waals surface area contributed by atoms with E-state index in [1.54, 1.807) is 4.57 Å². The molecule has 5 nitrogen and oxygen atoms in total. The van der Waals surface area contributed by atoms with Crippen molar-refractivity contribution in [3.8, 4) is 0 Å². The molecule has 0 unspecified atom stereocenters. The quantitative estimate of drug-likeness (QED) is 0.752. The molecule has 1 atom stereocenters. The van der Waals surface area contributed by atoms with E-state index in [-0.39, 0.29) is 11.7 Å². The molecule has 0 bridgehead atoms. The van der Waals surface area contributed by atoms with Gasteiger partial charge in [0, 0.05) is 18.5 Å². The zero-order chi connectivity index (χ0) is 10.8. The summed E-state index contributed by atoms with van der Waals surface area (Å²) in [7, 11) is 0. The van der Waals surface area contributed by atoms with Crippen LogP contribution in [0.25, 0.3) is 0 Å². The largest absolute Gasteiger partial charge is 0.343 e. The number of rotatable bonds is 2. The van der Waals surface area contributed by atoms with Crippen LogP contribution < -0.4 is 11.0 Å². The molecule has 1 aliphatic rings. The molecular formula is C10H18N4O. The van der Waals surface area contributed by atoms with Crippen molar-refractivity contribution < 1.29 is 0 Å². The number of aromatic amines is 1. The lowest BCUT2D eigenvalue weighted by Gasteiger charge is -2.23. The average molecular weight is 210 g/mol. The van der Waals surface area contributed by atoms with Crippen LogP contribution in [-0.2, 0) is 0 Å². The summed E-state index contributed by atoms with van der Waals surface area (Å²) < 4.78 is 1.76. The fourth-order valence-corrected chi connectivity index (χ4v) is 2.18. The van der Waals surface area contributed by atoms with Crippen LogP contribution in [-0.4, -0.2) is 27.9 Å². The van der Waals surface area contributed by atoms with E-state index >= 15 is 0 Å². The summed E-state index contributed by atoms with van der Waals surface area (Å²) in [6.45, 7) is 6.02. The molecule has 0 aliphatic carbocycles. The molecule has 1 saturated heterocycles. The molecule has 5 heteroatoms. The van der Waals surface area contributed by atoms with Crippen LogP contribution in [0.5, 0.6) is 0 Å². The highest BCUT2D eigenvalue weighted by Crippen LogP contribution is 2.21. The lowest BCUT2D eigenvalue weighted by atomic mass is 9.98. The normalized spacial score (nSPS) is 22.2. The van der Waals surface area contributed by atoms with Gasteiger partial charge in [-0.2, -0.15) is 5.10 Å². The molecule has 0 radical (unpaired) electrons. The van der Waals surface area contributed by atoms with Gasteiger partial charge in [0.25, 0.3) is 0 Å². The van der Waals surface area contributed by atoms with Crippen molar-refractivity contribution in [1.82, 2.24) is 20.1 Å². The molecule has 1 aliphatic heterocycles. The zero-order valence-corrected chi connectivity index (χ0v) is 9.29. The first-order valence-corrected chi connectivity index (χ1v) is 5.57. The maximum absolute atomic E-state index is 11.5. The molecule has 0 saturated carbocycles. The van der Waals surface area contributed by atoms with Crippen LogP contribution >= 0.6 is 0 Å². The van der Waals surface area contributed by atoms with Crippen LogP contribution in [0, 0.1) is 0 Å². The first-order chi connectivity index (χ1) is 7.20. The standard InChI is InChI=1S/C10H18N4O/c1-7(2)14-9(12-13-10(14)15)8-4-3-5-11-6-8/h7-8,11H,3-6H2,1-2H3,(H,13,15)/t8-/m1/s1.